The average molecular weight is 332 g/mol. The average Bonchev–Trinajstić information content (AvgIpc) is 3.08. The third-order valence-electron chi connectivity index (χ3n) is 4.45. The molecule has 130 valence electrons. The van der Waals surface area contributed by atoms with Crippen molar-refractivity contribution in [1.82, 2.24) is 10.2 Å². The lowest BCUT2D eigenvalue weighted by atomic mass is 10.1. The minimum Gasteiger partial charge on any atom is -0.447 e. The SMILES string of the molecule is CC1(C)NC(CCC(=O)N2C(=O)OCC2Cc2ccccc2)CO1. The van der Waals surface area contributed by atoms with Crippen LogP contribution in [-0.2, 0) is 20.7 Å². The van der Waals surface area contributed by atoms with Crippen LogP contribution < -0.4 is 5.32 Å². The fraction of sp³-hybridized carbons (Fsp3) is 0.556. The molecule has 0 bridgehead atoms. The summed E-state index contributed by atoms with van der Waals surface area (Å²) in [4.78, 5) is 25.8. The largest absolute Gasteiger partial charge is 0.447 e. The van der Waals surface area contributed by atoms with Crippen molar-refractivity contribution < 1.29 is 19.1 Å². The highest BCUT2D eigenvalue weighted by molar-refractivity contribution is 5.93. The van der Waals surface area contributed by atoms with Crippen molar-refractivity contribution >= 4 is 12.0 Å². The van der Waals surface area contributed by atoms with Gasteiger partial charge >= 0.3 is 6.09 Å². The Labute approximate surface area is 142 Å². The number of amides is 2. The molecule has 2 amide bonds. The number of benzene rings is 1. The Balaban J connectivity index is 1.56. The first-order chi connectivity index (χ1) is 11.4. The van der Waals surface area contributed by atoms with Crippen molar-refractivity contribution in [2.45, 2.75) is 50.9 Å². The van der Waals surface area contributed by atoms with Crippen LogP contribution in [0.2, 0.25) is 0 Å². The molecule has 6 nitrogen and oxygen atoms in total. The molecule has 0 aliphatic carbocycles. The van der Waals surface area contributed by atoms with Crippen molar-refractivity contribution in [3.63, 3.8) is 0 Å². The van der Waals surface area contributed by atoms with Crippen LogP contribution in [0.15, 0.2) is 30.3 Å². The lowest BCUT2D eigenvalue weighted by Crippen LogP contribution is -2.42. The maximum atomic E-state index is 12.5. The number of nitrogens with zero attached hydrogens (tertiary/aromatic N) is 1. The van der Waals surface area contributed by atoms with Gasteiger partial charge in [0.15, 0.2) is 0 Å². The van der Waals surface area contributed by atoms with E-state index in [1.54, 1.807) is 0 Å². The van der Waals surface area contributed by atoms with Crippen LogP contribution in [-0.4, -0.2) is 47.9 Å². The fourth-order valence-electron chi connectivity index (χ4n) is 3.26. The van der Waals surface area contributed by atoms with E-state index >= 15 is 0 Å². The van der Waals surface area contributed by atoms with Gasteiger partial charge in [0.05, 0.1) is 12.6 Å². The Morgan fingerprint density at radius 1 is 1.29 bits per heavy atom. The minimum absolute atomic E-state index is 0.134. The molecule has 2 aliphatic heterocycles. The summed E-state index contributed by atoms with van der Waals surface area (Å²) in [5, 5.41) is 3.33. The summed E-state index contributed by atoms with van der Waals surface area (Å²) >= 11 is 0. The van der Waals surface area contributed by atoms with Crippen molar-refractivity contribution in [2.24, 2.45) is 0 Å². The molecular weight excluding hydrogens is 308 g/mol. The second-order valence-corrected chi connectivity index (χ2v) is 6.89. The molecule has 2 unspecified atom stereocenters. The van der Waals surface area contributed by atoms with Gasteiger partial charge in [0, 0.05) is 12.5 Å². The molecule has 2 aliphatic rings. The Bertz CT molecular complexity index is 602. The summed E-state index contributed by atoms with van der Waals surface area (Å²) in [7, 11) is 0. The van der Waals surface area contributed by atoms with Crippen molar-refractivity contribution in [2.75, 3.05) is 13.2 Å². The number of ether oxygens (including phenoxy) is 2. The van der Waals surface area contributed by atoms with E-state index in [2.05, 4.69) is 5.32 Å². The molecule has 3 rings (SSSR count). The summed E-state index contributed by atoms with van der Waals surface area (Å²) < 4.78 is 10.7. The summed E-state index contributed by atoms with van der Waals surface area (Å²) in [5.74, 6) is -0.176. The van der Waals surface area contributed by atoms with Gasteiger partial charge in [-0.2, -0.15) is 0 Å². The molecule has 24 heavy (non-hydrogen) atoms. The van der Waals surface area contributed by atoms with E-state index < -0.39 is 6.09 Å². The van der Waals surface area contributed by atoms with Gasteiger partial charge in [-0.15, -0.1) is 0 Å². The molecule has 2 fully saturated rings. The number of nitrogens with one attached hydrogen (secondary N) is 1. The summed E-state index contributed by atoms with van der Waals surface area (Å²) in [6, 6.07) is 9.74. The molecule has 0 spiro atoms. The summed E-state index contributed by atoms with van der Waals surface area (Å²) in [6.07, 6.45) is 1.04. The first-order valence-electron chi connectivity index (χ1n) is 8.39. The van der Waals surface area contributed by atoms with E-state index in [1.807, 2.05) is 44.2 Å². The first-order valence-corrected chi connectivity index (χ1v) is 8.39. The Morgan fingerprint density at radius 2 is 2.04 bits per heavy atom. The normalized spacial score (nSPS) is 25.8. The quantitative estimate of drug-likeness (QED) is 0.894. The predicted molar refractivity (Wildman–Crippen MR) is 88.3 cm³/mol. The standard InChI is InChI=1S/C18H24N2O4/c1-18(2)19-14(11-24-18)8-9-16(21)20-15(12-23-17(20)22)10-13-6-4-3-5-7-13/h3-7,14-15,19H,8-12H2,1-2H3. The number of imide groups is 1. The molecule has 1 N–H and O–H groups in total. The third kappa shape index (κ3) is 3.94. The number of hydrogen-bond acceptors (Lipinski definition) is 5. The molecule has 0 saturated carbocycles. The first kappa shape index (κ1) is 16.9. The third-order valence-corrected chi connectivity index (χ3v) is 4.45. The predicted octanol–water partition coefficient (Wildman–Crippen LogP) is 2.08. The number of rotatable bonds is 5. The van der Waals surface area contributed by atoms with Crippen molar-refractivity contribution in [1.29, 1.82) is 0 Å². The van der Waals surface area contributed by atoms with Crippen LogP contribution in [0.3, 0.4) is 0 Å². The van der Waals surface area contributed by atoms with Gasteiger partial charge in [-0.25, -0.2) is 9.69 Å². The van der Waals surface area contributed by atoms with Crippen LogP contribution in [0.25, 0.3) is 0 Å². The molecule has 2 atom stereocenters. The lowest BCUT2D eigenvalue weighted by Gasteiger charge is -2.21. The Morgan fingerprint density at radius 3 is 2.71 bits per heavy atom. The van der Waals surface area contributed by atoms with Gasteiger partial charge in [-0.1, -0.05) is 30.3 Å². The summed E-state index contributed by atoms with van der Waals surface area (Å²) in [5.41, 5.74) is 0.738. The molecule has 6 heteroatoms. The number of cyclic esters (lactones) is 1. The van der Waals surface area contributed by atoms with Gasteiger partial charge in [0.2, 0.25) is 5.91 Å². The van der Waals surface area contributed by atoms with Gasteiger partial charge in [0.1, 0.15) is 12.3 Å². The highest BCUT2D eigenvalue weighted by Crippen LogP contribution is 2.21. The Hall–Kier alpha value is -1.92. The Kier molecular flexibility index (Phi) is 4.87. The smallest absolute Gasteiger partial charge is 0.416 e. The zero-order valence-electron chi connectivity index (χ0n) is 14.2. The van der Waals surface area contributed by atoms with Crippen LogP contribution in [0.5, 0.6) is 0 Å². The topological polar surface area (TPSA) is 67.9 Å². The van der Waals surface area contributed by atoms with Crippen molar-refractivity contribution in [3.05, 3.63) is 35.9 Å². The number of hydrogen-bond donors (Lipinski definition) is 1. The van der Waals surface area contributed by atoms with Gasteiger partial charge in [-0.3, -0.25) is 10.1 Å². The van der Waals surface area contributed by atoms with E-state index in [1.165, 1.54) is 4.90 Å². The van der Waals surface area contributed by atoms with E-state index in [9.17, 15) is 9.59 Å². The maximum Gasteiger partial charge on any atom is 0.416 e. The maximum absolute atomic E-state index is 12.5. The minimum atomic E-state index is -0.531. The monoisotopic (exact) mass is 332 g/mol. The van der Waals surface area contributed by atoms with Gasteiger partial charge < -0.3 is 9.47 Å². The molecule has 0 radical (unpaired) electrons. The molecule has 2 heterocycles. The highest BCUT2D eigenvalue weighted by Gasteiger charge is 2.38. The fourth-order valence-corrected chi connectivity index (χ4v) is 3.26. The molecule has 1 aromatic carbocycles. The van der Waals surface area contributed by atoms with Gasteiger partial charge in [0.25, 0.3) is 0 Å². The highest BCUT2D eigenvalue weighted by atomic mass is 16.6. The van der Waals surface area contributed by atoms with E-state index in [0.29, 0.717) is 25.9 Å². The van der Waals surface area contributed by atoms with Crippen LogP contribution in [0, 0.1) is 0 Å². The van der Waals surface area contributed by atoms with Crippen molar-refractivity contribution in [3.8, 4) is 0 Å². The van der Waals surface area contributed by atoms with Crippen LogP contribution in [0.1, 0.15) is 32.3 Å². The number of carbonyl (C=O) groups is 2. The second kappa shape index (κ2) is 6.91. The van der Waals surface area contributed by atoms with E-state index in [-0.39, 0.29) is 30.3 Å². The second-order valence-electron chi connectivity index (χ2n) is 6.89. The lowest BCUT2D eigenvalue weighted by molar-refractivity contribution is -0.129. The number of carbonyl (C=O) groups excluding carboxylic acids is 2. The summed E-state index contributed by atoms with van der Waals surface area (Å²) in [6.45, 7) is 4.76. The zero-order valence-corrected chi connectivity index (χ0v) is 14.2. The van der Waals surface area contributed by atoms with E-state index in [4.69, 9.17) is 9.47 Å². The zero-order chi connectivity index (χ0) is 17.2. The van der Waals surface area contributed by atoms with Gasteiger partial charge in [-0.05, 0) is 32.3 Å². The van der Waals surface area contributed by atoms with Crippen LogP contribution in [0.4, 0.5) is 4.79 Å². The molecular formula is C18H24N2O4. The molecule has 0 aromatic heterocycles. The molecule has 1 aromatic rings. The van der Waals surface area contributed by atoms with E-state index in [0.717, 1.165) is 5.56 Å². The van der Waals surface area contributed by atoms with Crippen LogP contribution >= 0.6 is 0 Å². The molecule has 2 saturated heterocycles.